The van der Waals surface area contributed by atoms with E-state index in [1.807, 2.05) is 0 Å². The van der Waals surface area contributed by atoms with E-state index in [1.54, 1.807) is 0 Å². The predicted octanol–water partition coefficient (Wildman–Crippen LogP) is 4.57. The summed E-state index contributed by atoms with van der Waals surface area (Å²) < 4.78 is 6.91. The smallest absolute Gasteiger partial charge is 0.0612 e. The Hall–Kier alpha value is 0.140. The van der Waals surface area contributed by atoms with Gasteiger partial charge in [0, 0.05) is 21.8 Å². The van der Waals surface area contributed by atoms with E-state index in [1.165, 1.54) is 12.0 Å². The third-order valence-electron chi connectivity index (χ3n) is 3.45. The normalized spacial score (nSPS) is 26.1. The SMILES string of the molecule is CCC1OCCC1C(Br)Cc1cccc(Br)c1. The number of rotatable bonds is 4. The van der Waals surface area contributed by atoms with Gasteiger partial charge in [-0.2, -0.15) is 0 Å². The van der Waals surface area contributed by atoms with E-state index in [-0.39, 0.29) is 0 Å². The molecule has 0 aliphatic carbocycles. The summed E-state index contributed by atoms with van der Waals surface area (Å²) in [5.74, 6) is 0.652. The summed E-state index contributed by atoms with van der Waals surface area (Å²) in [6.45, 7) is 3.13. The Kier molecular flexibility index (Phi) is 5.07. The van der Waals surface area contributed by atoms with Gasteiger partial charge in [-0.05, 0) is 37.0 Å². The first-order valence-electron chi connectivity index (χ1n) is 6.21. The summed E-state index contributed by atoms with van der Waals surface area (Å²) in [4.78, 5) is 0.518. The third kappa shape index (κ3) is 3.55. The van der Waals surface area contributed by atoms with Gasteiger partial charge in [0.05, 0.1) is 6.10 Å². The number of alkyl halides is 1. The molecule has 1 nitrogen and oxygen atoms in total. The average molecular weight is 362 g/mol. The summed E-state index contributed by atoms with van der Waals surface area (Å²) in [6, 6.07) is 8.56. The molecule has 0 aromatic heterocycles. The Bertz CT molecular complexity index is 367. The van der Waals surface area contributed by atoms with Gasteiger partial charge >= 0.3 is 0 Å². The molecule has 1 saturated heterocycles. The zero-order valence-corrected chi connectivity index (χ0v) is 13.2. The number of hydrogen-bond donors (Lipinski definition) is 0. The van der Waals surface area contributed by atoms with Gasteiger partial charge < -0.3 is 4.74 Å². The van der Waals surface area contributed by atoms with Crippen LogP contribution in [0.25, 0.3) is 0 Å². The van der Waals surface area contributed by atoms with Crippen LogP contribution in [0.1, 0.15) is 25.3 Å². The van der Waals surface area contributed by atoms with E-state index >= 15 is 0 Å². The van der Waals surface area contributed by atoms with E-state index in [9.17, 15) is 0 Å². The molecule has 0 radical (unpaired) electrons. The molecule has 1 aliphatic rings. The molecule has 0 amide bonds. The fourth-order valence-electron chi connectivity index (χ4n) is 2.54. The first kappa shape index (κ1) is 13.6. The highest BCUT2D eigenvalue weighted by molar-refractivity contribution is 9.10. The van der Waals surface area contributed by atoms with Crippen LogP contribution in [0.2, 0.25) is 0 Å². The minimum atomic E-state index is 0.437. The standard InChI is InChI=1S/C14H18Br2O/c1-2-14-12(6-7-17-14)13(16)9-10-4-3-5-11(15)8-10/h3-5,8,12-14H,2,6-7,9H2,1H3. The number of ether oxygens (including phenoxy) is 1. The van der Waals surface area contributed by atoms with Gasteiger partial charge in [0.2, 0.25) is 0 Å². The van der Waals surface area contributed by atoms with E-state index in [0.717, 1.165) is 23.9 Å². The highest BCUT2D eigenvalue weighted by Gasteiger charge is 2.32. The molecule has 3 unspecified atom stereocenters. The number of benzene rings is 1. The molecule has 2 rings (SSSR count). The van der Waals surface area contributed by atoms with Gasteiger partial charge in [-0.1, -0.05) is 50.9 Å². The summed E-state index contributed by atoms with van der Waals surface area (Å²) in [5, 5.41) is 0. The van der Waals surface area contributed by atoms with Crippen molar-refractivity contribution in [1.29, 1.82) is 0 Å². The second-order valence-electron chi connectivity index (χ2n) is 4.62. The van der Waals surface area contributed by atoms with Crippen LogP contribution in [-0.2, 0) is 11.2 Å². The van der Waals surface area contributed by atoms with E-state index in [2.05, 4.69) is 63.0 Å². The molecule has 0 N–H and O–H groups in total. The number of halogens is 2. The molecule has 0 spiro atoms. The van der Waals surface area contributed by atoms with Crippen LogP contribution in [-0.4, -0.2) is 17.5 Å². The van der Waals surface area contributed by atoms with Crippen LogP contribution >= 0.6 is 31.9 Å². The zero-order valence-electron chi connectivity index (χ0n) is 10.0. The monoisotopic (exact) mass is 360 g/mol. The molecule has 1 fully saturated rings. The largest absolute Gasteiger partial charge is 0.378 e. The zero-order chi connectivity index (χ0) is 12.3. The Balaban J connectivity index is 1.99. The average Bonchev–Trinajstić information content (AvgIpc) is 2.77. The van der Waals surface area contributed by atoms with Gasteiger partial charge in [-0.25, -0.2) is 0 Å². The topological polar surface area (TPSA) is 9.23 Å². The molecule has 0 saturated carbocycles. The lowest BCUT2D eigenvalue weighted by molar-refractivity contribution is 0.0873. The van der Waals surface area contributed by atoms with E-state index in [0.29, 0.717) is 16.8 Å². The summed E-state index contributed by atoms with van der Waals surface area (Å²) >= 11 is 7.37. The molecule has 1 aliphatic heterocycles. The molecule has 3 atom stereocenters. The molecule has 1 heterocycles. The maximum absolute atomic E-state index is 5.76. The van der Waals surface area contributed by atoms with Crippen molar-refractivity contribution < 1.29 is 4.74 Å². The van der Waals surface area contributed by atoms with Crippen molar-refractivity contribution >= 4 is 31.9 Å². The van der Waals surface area contributed by atoms with Gasteiger partial charge in [0.15, 0.2) is 0 Å². The maximum Gasteiger partial charge on any atom is 0.0612 e. The van der Waals surface area contributed by atoms with Gasteiger partial charge in [0.25, 0.3) is 0 Å². The van der Waals surface area contributed by atoms with Crippen LogP contribution in [0.3, 0.4) is 0 Å². The molecule has 1 aromatic carbocycles. The third-order valence-corrected chi connectivity index (χ3v) is 4.94. The summed E-state index contributed by atoms with van der Waals surface area (Å²) in [7, 11) is 0. The van der Waals surface area contributed by atoms with Gasteiger partial charge in [-0.3, -0.25) is 0 Å². The summed E-state index contributed by atoms with van der Waals surface area (Å²) in [6.07, 6.45) is 3.81. The molecule has 94 valence electrons. The lowest BCUT2D eigenvalue weighted by Crippen LogP contribution is -2.25. The van der Waals surface area contributed by atoms with E-state index < -0.39 is 0 Å². The van der Waals surface area contributed by atoms with Crippen molar-refractivity contribution in [2.24, 2.45) is 5.92 Å². The molecule has 0 bridgehead atoms. The Morgan fingerprint density at radius 2 is 2.29 bits per heavy atom. The lowest BCUT2D eigenvalue weighted by atomic mass is 9.92. The molecule has 3 heteroatoms. The highest BCUT2D eigenvalue weighted by Crippen LogP contribution is 2.32. The number of hydrogen-bond acceptors (Lipinski definition) is 1. The molecular weight excluding hydrogens is 344 g/mol. The summed E-state index contributed by atoms with van der Waals surface area (Å²) in [5.41, 5.74) is 1.38. The fourth-order valence-corrected chi connectivity index (χ4v) is 3.97. The Labute approximate surface area is 120 Å². The second-order valence-corrected chi connectivity index (χ2v) is 6.71. The van der Waals surface area contributed by atoms with Crippen LogP contribution in [0.15, 0.2) is 28.7 Å². The quantitative estimate of drug-likeness (QED) is 0.713. The van der Waals surface area contributed by atoms with Crippen molar-refractivity contribution in [2.45, 2.75) is 37.1 Å². The van der Waals surface area contributed by atoms with Crippen molar-refractivity contribution in [3.05, 3.63) is 34.3 Å². The minimum Gasteiger partial charge on any atom is -0.378 e. The van der Waals surface area contributed by atoms with Crippen molar-refractivity contribution in [2.75, 3.05) is 6.61 Å². The van der Waals surface area contributed by atoms with Crippen molar-refractivity contribution in [3.8, 4) is 0 Å². The van der Waals surface area contributed by atoms with Crippen LogP contribution in [0.5, 0.6) is 0 Å². The predicted molar refractivity (Wildman–Crippen MR) is 78.7 cm³/mol. The van der Waals surface area contributed by atoms with Crippen molar-refractivity contribution in [1.82, 2.24) is 0 Å². The Morgan fingerprint density at radius 1 is 1.47 bits per heavy atom. The fraction of sp³-hybridized carbons (Fsp3) is 0.571. The first-order valence-corrected chi connectivity index (χ1v) is 7.91. The van der Waals surface area contributed by atoms with Crippen LogP contribution in [0, 0.1) is 5.92 Å². The highest BCUT2D eigenvalue weighted by atomic mass is 79.9. The van der Waals surface area contributed by atoms with Crippen LogP contribution < -0.4 is 0 Å². The molecule has 17 heavy (non-hydrogen) atoms. The first-order chi connectivity index (χ1) is 8.20. The van der Waals surface area contributed by atoms with Crippen molar-refractivity contribution in [3.63, 3.8) is 0 Å². The van der Waals surface area contributed by atoms with Gasteiger partial charge in [-0.15, -0.1) is 0 Å². The van der Waals surface area contributed by atoms with Crippen LogP contribution in [0.4, 0.5) is 0 Å². The molecule has 1 aromatic rings. The minimum absolute atomic E-state index is 0.437. The Morgan fingerprint density at radius 3 is 3.00 bits per heavy atom. The lowest BCUT2D eigenvalue weighted by Gasteiger charge is -2.22. The second kappa shape index (κ2) is 6.35. The molecular formula is C14H18Br2O. The van der Waals surface area contributed by atoms with E-state index in [4.69, 9.17) is 4.74 Å². The van der Waals surface area contributed by atoms with Gasteiger partial charge in [0.1, 0.15) is 0 Å². The maximum atomic E-state index is 5.76.